The van der Waals surface area contributed by atoms with Gasteiger partial charge in [-0.2, -0.15) is 55.7 Å². The second kappa shape index (κ2) is 46.2. The Morgan fingerprint density at radius 3 is 1.09 bits per heavy atom. The van der Waals surface area contributed by atoms with Crippen LogP contribution >= 0.6 is 0 Å². The number of rotatable bonds is 24. The lowest BCUT2D eigenvalue weighted by Gasteiger charge is -2.20. The van der Waals surface area contributed by atoms with Crippen LogP contribution in [0.4, 0.5) is 133 Å². The van der Waals surface area contributed by atoms with Crippen LogP contribution in [0.15, 0.2) is 188 Å². The third kappa shape index (κ3) is 26.2. The molecule has 1 aliphatic carbocycles. The average Bonchev–Trinajstić information content (AvgIpc) is 1.10. The minimum absolute atomic E-state index is 0.00450. The molecule has 17 rings (SSSR count). The summed E-state index contributed by atoms with van der Waals surface area (Å²) < 4.78 is 259. The van der Waals surface area contributed by atoms with Crippen molar-refractivity contribution in [1.82, 2.24) is 52.7 Å². The van der Waals surface area contributed by atoms with Crippen LogP contribution in [0, 0.1) is 156 Å². The van der Waals surface area contributed by atoms with Gasteiger partial charge in [0.15, 0.2) is 17.3 Å². The maximum atomic E-state index is 13.9. The number of alkyl halides is 2. The van der Waals surface area contributed by atoms with Crippen LogP contribution in [-0.4, -0.2) is 79.4 Å². The van der Waals surface area contributed by atoms with Crippen LogP contribution in [0.5, 0.6) is 17.4 Å². The van der Waals surface area contributed by atoms with Gasteiger partial charge < -0.3 is 68.4 Å². The van der Waals surface area contributed by atoms with E-state index in [9.17, 15) is 103 Å². The van der Waals surface area contributed by atoms with Crippen molar-refractivity contribution in [3.05, 3.63) is 409 Å². The molecule has 26 nitrogen and oxygen atoms in total. The van der Waals surface area contributed by atoms with E-state index in [2.05, 4.69) is 61.2 Å². The number of pyridine rings is 1. The van der Waals surface area contributed by atoms with Crippen molar-refractivity contribution in [1.29, 1.82) is 0 Å². The number of carbonyl (C=O) groups is 1. The van der Waals surface area contributed by atoms with Gasteiger partial charge in [0, 0.05) is 106 Å². The fourth-order valence-electron chi connectivity index (χ4n) is 15.2. The Bertz CT molecular complexity index is 7790. The molecule has 0 spiro atoms. The summed E-state index contributed by atoms with van der Waals surface area (Å²) in [5, 5.41) is 14.7. The number of ether oxygens (including phenoxy) is 4. The summed E-state index contributed by atoms with van der Waals surface area (Å²) in [5.41, 5.74) is 5.28. The summed E-state index contributed by atoms with van der Waals surface area (Å²) in [7, 11) is 2.84. The molecule has 1 aliphatic heterocycles. The number of methoxy groups -OCH3 is 2. The zero-order chi connectivity index (χ0) is 106. The maximum absolute atomic E-state index is 13.9. The third-order valence-corrected chi connectivity index (χ3v) is 23.1. The molecule has 760 valence electrons. The molecule has 43 heteroatoms. The lowest BCUT2D eigenvalue weighted by atomic mass is 9.89. The van der Waals surface area contributed by atoms with E-state index in [0.717, 1.165) is 99.8 Å². The Kier molecular flexibility index (Phi) is 33.7. The van der Waals surface area contributed by atoms with Crippen molar-refractivity contribution in [3.63, 3.8) is 0 Å². The molecule has 2 aliphatic rings. The molecule has 0 amide bonds. The van der Waals surface area contributed by atoms with E-state index in [-0.39, 0.29) is 141 Å². The van der Waals surface area contributed by atoms with Crippen LogP contribution in [0.2, 0.25) is 0 Å². The highest BCUT2D eigenvalue weighted by atomic mass is 19.3. The number of aryl methyl sites for hydroxylation is 6. The van der Waals surface area contributed by atoms with Crippen molar-refractivity contribution >= 4 is 64.0 Å². The van der Waals surface area contributed by atoms with Gasteiger partial charge in [-0.1, -0.05) is 30.3 Å². The first-order valence-electron chi connectivity index (χ1n) is 44.3. The van der Waals surface area contributed by atoms with Gasteiger partial charge in [0.05, 0.1) is 71.5 Å². The van der Waals surface area contributed by atoms with Crippen molar-refractivity contribution in [3.8, 4) is 17.4 Å². The van der Waals surface area contributed by atoms with E-state index in [1.54, 1.807) is 56.3 Å². The average molecular weight is 2030 g/mol. The zero-order valence-corrected chi connectivity index (χ0v) is 79.7. The van der Waals surface area contributed by atoms with Crippen LogP contribution in [0.1, 0.15) is 123 Å². The molecule has 0 radical (unpaired) electrons. The second-order valence-corrected chi connectivity index (χ2v) is 33.9. The Labute approximate surface area is 819 Å². The number of aromatic nitrogens is 11. The molecule has 5 N–H and O–H groups in total. The predicted molar refractivity (Wildman–Crippen MR) is 509 cm³/mol. The Morgan fingerprint density at radius 1 is 0.342 bits per heavy atom. The highest BCUT2D eigenvalue weighted by molar-refractivity contribution is 6.00. The summed E-state index contributed by atoms with van der Waals surface area (Å²) in [6, 6.07) is 32.0. The van der Waals surface area contributed by atoms with E-state index in [1.807, 2.05) is 26.0 Å². The van der Waals surface area contributed by atoms with Crippen molar-refractivity contribution < 1.29 is 98.4 Å². The summed E-state index contributed by atoms with van der Waals surface area (Å²) in [6.45, 7) is 12.9. The largest absolute Gasteiger partial charge is 0.497 e. The molecule has 0 saturated heterocycles. The monoisotopic (exact) mass is 2030 g/mol. The molecule has 9 aromatic carbocycles. The van der Waals surface area contributed by atoms with Crippen molar-refractivity contribution in [2.24, 2.45) is 0 Å². The molecular weight excluding hydrogens is 1940 g/mol. The van der Waals surface area contributed by atoms with E-state index in [1.165, 1.54) is 116 Å². The van der Waals surface area contributed by atoms with Crippen molar-refractivity contribution in [2.75, 3.05) is 40.8 Å². The number of nitrogens with one attached hydrogen (secondary N) is 5. The van der Waals surface area contributed by atoms with Crippen LogP contribution in [0.25, 0.3) is 0 Å². The first-order valence-corrected chi connectivity index (χ1v) is 44.3. The Balaban J connectivity index is 0.000000153. The van der Waals surface area contributed by atoms with E-state index in [0.29, 0.717) is 83.2 Å². The SMILES string of the molecule is COc1cc(Nc2nc(=O)c(F)cn2Cc2cc(C)cc(F)c2)c(C)cc1F.COc1ccc(C)c(Nc2nc(=O)c(F)cn2Cc2cc(F)c(C)c(F)c2)c1.Cc1c(F)cc(Cn2cc(F)c(=O)nc2Nc2cccc3c2CCCC3=O)cc1F.Cc1cc(Nc2nc(=O)c(F)cn2Cc2cc(F)c(C)c(F)c2)c(C)nc1OC(F)F.Cc1cc2c(cc1Nc1nc(=O)c(F)cn1Cc1cc(F)c(C)c(F)c1)COC2. The fourth-order valence-corrected chi connectivity index (χ4v) is 15.2. The van der Waals surface area contributed by atoms with E-state index < -0.39 is 122 Å². The van der Waals surface area contributed by atoms with Gasteiger partial charge in [-0.25, -0.2) is 48.9 Å². The zero-order valence-electron chi connectivity index (χ0n) is 79.7. The van der Waals surface area contributed by atoms with Gasteiger partial charge in [0.1, 0.15) is 58.1 Å². The number of halogens is 17. The maximum Gasteiger partial charge on any atom is 0.388 e. The minimum atomic E-state index is -3.05. The minimum Gasteiger partial charge on any atom is -0.497 e. The number of Topliss-reactive ketones (excluding diaryl/α,β-unsaturated/α-hetero) is 1. The van der Waals surface area contributed by atoms with Crippen LogP contribution in [-0.2, 0) is 57.1 Å². The van der Waals surface area contributed by atoms with Gasteiger partial charge >= 0.3 is 34.4 Å². The quantitative estimate of drug-likeness (QED) is 0.0351. The molecule has 0 unspecified atom stereocenters. The van der Waals surface area contributed by atoms with Gasteiger partial charge in [-0.15, -0.1) is 0 Å². The summed E-state index contributed by atoms with van der Waals surface area (Å²) >= 11 is 0. The smallest absolute Gasteiger partial charge is 0.388 e. The Morgan fingerprint density at radius 2 is 0.705 bits per heavy atom. The highest BCUT2D eigenvalue weighted by Gasteiger charge is 2.26. The second-order valence-electron chi connectivity index (χ2n) is 33.9. The molecule has 15 aromatic rings. The number of hydrogen-bond donors (Lipinski definition) is 5. The lowest BCUT2D eigenvalue weighted by Crippen LogP contribution is -2.21. The first kappa shape index (κ1) is 107. The fraction of sp³-hybridized carbons (Fsp3) is 0.223. The first-order chi connectivity index (χ1) is 69.2. The molecular formula is C103H89F17N16O10. The van der Waals surface area contributed by atoms with Gasteiger partial charge in [-0.3, -0.25) is 28.8 Å². The number of fused-ring (bicyclic) bond motifs is 2. The molecule has 0 atom stereocenters. The highest BCUT2D eigenvalue weighted by Crippen LogP contribution is 2.36. The molecule has 7 heterocycles. The number of carbonyl (C=O) groups excluding carboxylic acids is 1. The van der Waals surface area contributed by atoms with Crippen molar-refractivity contribution in [2.45, 2.75) is 141 Å². The third-order valence-electron chi connectivity index (χ3n) is 23.1. The summed E-state index contributed by atoms with van der Waals surface area (Å²) in [4.78, 5) is 93.4. The summed E-state index contributed by atoms with van der Waals surface area (Å²) in [5.74, 6) is -11.8. The molecule has 0 bridgehead atoms. The normalized spacial score (nSPS) is 11.8. The van der Waals surface area contributed by atoms with E-state index in [4.69, 9.17) is 14.2 Å². The lowest BCUT2D eigenvalue weighted by molar-refractivity contribution is -0.0534. The summed E-state index contributed by atoms with van der Waals surface area (Å²) in [6.07, 6.45) is 6.54. The number of hydrogen-bond acceptors (Lipinski definition) is 21. The number of anilines is 10. The van der Waals surface area contributed by atoms with Gasteiger partial charge in [-0.05, 0) is 240 Å². The van der Waals surface area contributed by atoms with Crippen LogP contribution < -0.4 is 68.6 Å². The molecule has 0 fully saturated rings. The molecule has 0 saturated carbocycles. The Hall–Kier alpha value is -16.6. The van der Waals surface area contributed by atoms with Gasteiger partial charge in [0.25, 0.3) is 0 Å². The standard InChI is InChI=1S/C22H18F3N3O2.C21H18F3N3O2.C20H17F5N4O2.2C20H18F3N3O2/c1-12-16(23)8-13(9-17(12)24)10-28-11-18(25)21(30)27-22(28)26-19-6-2-5-15-14(19)4-3-7-20(15)29;1-11-3-14-9-29-10-15(14)6-19(11)25-21-26-20(28)18(24)8-27(21)7-13-4-16(22)12(2)17(23)5-13;1-9-4-16(11(3)26-18(9)31-19(24)25)27-20-28-17(30)15(23)8-29(20)7-12-5-13(21)10(2)14(22)6-12;1-11-4-13(7-14(21)5-11)9-26-10-16(23)19(27)25-20(26)24-17-8-18(28-3)15(22)6-12(17)2;1-11-4-5-14(28-3)8-18(11)24-20-25-19(27)17(23)10-26(20)9-13-6-15(21)12(2)16(22)7-13/h2,5-6,8-9,11H,3-4,7,10H2,1H3,(H,26,27,30);3-6,8H,7,9-10H2,1-2H3,(H,25,26,28);4-6,8,19H,7H2,1-3H3,(H,27,28,30);2*4-8,10H,9H2,1-3H3,(H,24,25,27). The predicted octanol–water partition coefficient (Wildman–Crippen LogP) is 20.9. The number of benzene rings is 9. The van der Waals surface area contributed by atoms with Crippen LogP contribution in [0.3, 0.4) is 0 Å². The molecule has 146 heavy (non-hydrogen) atoms. The molecule has 6 aromatic heterocycles. The number of nitrogens with zero attached hydrogens (tertiary/aromatic N) is 11. The number of ketones is 1. The topological polar surface area (TPSA) is 301 Å². The van der Waals surface area contributed by atoms with Gasteiger partial charge in [0.2, 0.25) is 64.7 Å². The van der Waals surface area contributed by atoms with E-state index >= 15 is 0 Å².